The van der Waals surface area contributed by atoms with E-state index >= 15 is 0 Å². The maximum atomic E-state index is 4.90. The molecule has 0 saturated heterocycles. The molecule has 2 heteroatoms. The summed E-state index contributed by atoms with van der Waals surface area (Å²) in [6.45, 7) is 9.05. The van der Waals surface area contributed by atoms with Gasteiger partial charge in [0.25, 0.3) is 0 Å². The summed E-state index contributed by atoms with van der Waals surface area (Å²) in [4.78, 5) is 6.39. The first kappa shape index (κ1) is 12.8. The van der Waals surface area contributed by atoms with Crippen molar-refractivity contribution in [1.82, 2.24) is 4.98 Å². The standard InChI is InChI=1S/C15H23NS/c1-10(2)13-14(11(3)4)17-15(16-13)12-8-6-5-7-9-12/h8,10-11H,5-7,9H2,1-4H3. The van der Waals surface area contributed by atoms with E-state index in [0.717, 1.165) is 0 Å². The topological polar surface area (TPSA) is 12.9 Å². The first-order valence-electron chi connectivity index (χ1n) is 6.79. The third-order valence-corrected chi connectivity index (χ3v) is 4.77. The van der Waals surface area contributed by atoms with Gasteiger partial charge in [0.15, 0.2) is 0 Å². The van der Waals surface area contributed by atoms with Crippen molar-refractivity contribution in [2.45, 2.75) is 65.2 Å². The average Bonchev–Trinajstić information content (AvgIpc) is 2.75. The molecule has 0 bridgehead atoms. The van der Waals surface area contributed by atoms with E-state index in [-0.39, 0.29) is 0 Å². The van der Waals surface area contributed by atoms with E-state index in [4.69, 9.17) is 4.98 Å². The number of rotatable bonds is 3. The quantitative estimate of drug-likeness (QED) is 0.704. The van der Waals surface area contributed by atoms with Gasteiger partial charge >= 0.3 is 0 Å². The molecule has 94 valence electrons. The first-order chi connectivity index (χ1) is 8.09. The van der Waals surface area contributed by atoms with E-state index in [2.05, 4.69) is 33.8 Å². The highest BCUT2D eigenvalue weighted by molar-refractivity contribution is 7.13. The molecule has 17 heavy (non-hydrogen) atoms. The fourth-order valence-corrected chi connectivity index (χ4v) is 3.63. The molecular weight excluding hydrogens is 226 g/mol. The molecule has 0 radical (unpaired) electrons. The van der Waals surface area contributed by atoms with Crippen LogP contribution in [0, 0.1) is 0 Å². The molecule has 0 saturated carbocycles. The minimum atomic E-state index is 0.543. The van der Waals surface area contributed by atoms with Crippen molar-refractivity contribution >= 4 is 16.9 Å². The Labute approximate surface area is 109 Å². The predicted octanol–water partition coefficient (Wildman–Crippen LogP) is 5.35. The lowest BCUT2D eigenvalue weighted by atomic mass is 10.00. The largest absolute Gasteiger partial charge is 0.241 e. The van der Waals surface area contributed by atoms with Gasteiger partial charge in [0.05, 0.1) is 5.69 Å². The number of thiazole rings is 1. The normalized spacial score (nSPS) is 16.7. The molecule has 0 fully saturated rings. The Hall–Kier alpha value is -0.630. The third kappa shape index (κ3) is 2.79. The van der Waals surface area contributed by atoms with Crippen LogP contribution < -0.4 is 0 Å². The average molecular weight is 249 g/mol. The zero-order chi connectivity index (χ0) is 12.4. The van der Waals surface area contributed by atoms with Gasteiger partial charge in [-0.2, -0.15) is 0 Å². The van der Waals surface area contributed by atoms with Gasteiger partial charge in [-0.1, -0.05) is 33.8 Å². The van der Waals surface area contributed by atoms with Crippen molar-refractivity contribution in [3.8, 4) is 0 Å². The highest BCUT2D eigenvalue weighted by atomic mass is 32.1. The molecule has 0 unspecified atom stereocenters. The van der Waals surface area contributed by atoms with Gasteiger partial charge in [-0.15, -0.1) is 11.3 Å². The van der Waals surface area contributed by atoms with Crippen LogP contribution in [-0.4, -0.2) is 4.98 Å². The van der Waals surface area contributed by atoms with E-state index < -0.39 is 0 Å². The van der Waals surface area contributed by atoms with Crippen LogP contribution in [0.15, 0.2) is 6.08 Å². The highest BCUT2D eigenvalue weighted by Gasteiger charge is 2.19. The maximum absolute atomic E-state index is 4.90. The van der Waals surface area contributed by atoms with Gasteiger partial charge in [0.1, 0.15) is 5.01 Å². The fraction of sp³-hybridized carbons (Fsp3) is 0.667. The monoisotopic (exact) mass is 249 g/mol. The predicted molar refractivity (Wildman–Crippen MR) is 76.7 cm³/mol. The zero-order valence-corrected chi connectivity index (χ0v) is 12.2. The fourth-order valence-electron chi connectivity index (χ4n) is 2.34. The lowest BCUT2D eigenvalue weighted by Crippen LogP contribution is -1.96. The highest BCUT2D eigenvalue weighted by Crippen LogP contribution is 2.36. The van der Waals surface area contributed by atoms with Crippen LogP contribution in [-0.2, 0) is 0 Å². The smallest absolute Gasteiger partial charge is 0.119 e. The van der Waals surface area contributed by atoms with Crippen LogP contribution in [0.2, 0.25) is 0 Å². The van der Waals surface area contributed by atoms with Gasteiger partial charge in [-0.3, -0.25) is 0 Å². The molecule has 0 N–H and O–H groups in total. The van der Waals surface area contributed by atoms with Crippen molar-refractivity contribution in [2.24, 2.45) is 0 Å². The zero-order valence-electron chi connectivity index (χ0n) is 11.4. The van der Waals surface area contributed by atoms with Crippen LogP contribution in [0.3, 0.4) is 0 Å². The summed E-state index contributed by atoms with van der Waals surface area (Å²) in [6, 6.07) is 0. The summed E-state index contributed by atoms with van der Waals surface area (Å²) in [5.41, 5.74) is 2.82. The van der Waals surface area contributed by atoms with Crippen LogP contribution in [0.25, 0.3) is 5.57 Å². The van der Waals surface area contributed by atoms with Crippen molar-refractivity contribution in [3.63, 3.8) is 0 Å². The molecule has 1 aliphatic rings. The maximum Gasteiger partial charge on any atom is 0.119 e. The van der Waals surface area contributed by atoms with Crippen molar-refractivity contribution in [3.05, 3.63) is 21.7 Å². The second-order valence-electron chi connectivity index (χ2n) is 5.55. The van der Waals surface area contributed by atoms with Crippen LogP contribution in [0.4, 0.5) is 0 Å². The molecule has 1 aromatic heterocycles. The number of aromatic nitrogens is 1. The van der Waals surface area contributed by atoms with Crippen LogP contribution >= 0.6 is 11.3 Å². The van der Waals surface area contributed by atoms with E-state index in [1.165, 1.54) is 46.8 Å². The Morgan fingerprint density at radius 1 is 1.12 bits per heavy atom. The van der Waals surface area contributed by atoms with E-state index in [1.54, 1.807) is 0 Å². The summed E-state index contributed by atoms with van der Waals surface area (Å²) in [5, 5.41) is 1.29. The van der Waals surface area contributed by atoms with Gasteiger partial charge < -0.3 is 0 Å². The number of nitrogens with zero attached hydrogens (tertiary/aromatic N) is 1. The Bertz CT molecular complexity index is 387. The Kier molecular flexibility index (Phi) is 4.03. The van der Waals surface area contributed by atoms with Gasteiger partial charge in [-0.05, 0) is 43.1 Å². The lowest BCUT2D eigenvalue weighted by Gasteiger charge is -2.09. The molecule has 2 rings (SSSR count). The van der Waals surface area contributed by atoms with E-state index in [0.29, 0.717) is 11.8 Å². The summed E-state index contributed by atoms with van der Waals surface area (Å²) in [6.07, 6.45) is 7.55. The van der Waals surface area contributed by atoms with Crippen molar-refractivity contribution in [1.29, 1.82) is 0 Å². The van der Waals surface area contributed by atoms with Gasteiger partial charge in [-0.25, -0.2) is 4.98 Å². The lowest BCUT2D eigenvalue weighted by molar-refractivity contribution is 0.739. The second kappa shape index (κ2) is 5.34. The third-order valence-electron chi connectivity index (χ3n) is 3.32. The SMILES string of the molecule is CC(C)c1nc(C2=CCCCC2)sc1C(C)C. The number of hydrogen-bond donors (Lipinski definition) is 0. The molecular formula is C15H23NS. The second-order valence-corrected chi connectivity index (χ2v) is 6.58. The van der Waals surface area contributed by atoms with Crippen LogP contribution in [0.5, 0.6) is 0 Å². The van der Waals surface area contributed by atoms with E-state index in [1.807, 2.05) is 11.3 Å². The summed E-state index contributed by atoms with van der Waals surface area (Å²) < 4.78 is 0. The Morgan fingerprint density at radius 3 is 2.35 bits per heavy atom. The summed E-state index contributed by atoms with van der Waals surface area (Å²) >= 11 is 1.92. The number of hydrogen-bond acceptors (Lipinski definition) is 2. The molecule has 1 aromatic rings. The first-order valence-corrected chi connectivity index (χ1v) is 7.61. The Balaban J connectivity index is 2.36. The summed E-state index contributed by atoms with van der Waals surface area (Å²) in [5.74, 6) is 1.14. The van der Waals surface area contributed by atoms with E-state index in [9.17, 15) is 0 Å². The molecule has 0 aromatic carbocycles. The molecule has 0 aliphatic heterocycles. The Morgan fingerprint density at radius 2 is 1.88 bits per heavy atom. The molecule has 1 aliphatic carbocycles. The minimum absolute atomic E-state index is 0.543. The molecule has 0 spiro atoms. The molecule has 0 atom stereocenters. The minimum Gasteiger partial charge on any atom is -0.241 e. The van der Waals surface area contributed by atoms with Crippen LogP contribution in [0.1, 0.15) is 80.8 Å². The molecule has 1 heterocycles. The van der Waals surface area contributed by atoms with Crippen molar-refractivity contribution < 1.29 is 0 Å². The van der Waals surface area contributed by atoms with Gasteiger partial charge in [0.2, 0.25) is 0 Å². The molecule has 0 amide bonds. The van der Waals surface area contributed by atoms with Gasteiger partial charge in [0, 0.05) is 4.88 Å². The van der Waals surface area contributed by atoms with Crippen molar-refractivity contribution in [2.75, 3.05) is 0 Å². The molecule has 1 nitrogen and oxygen atoms in total. The summed E-state index contributed by atoms with van der Waals surface area (Å²) in [7, 11) is 0. The number of allylic oxidation sites excluding steroid dienone is 2.